The Balaban J connectivity index is 1.88. The van der Waals surface area contributed by atoms with Crippen molar-refractivity contribution in [2.45, 2.75) is 44.3 Å². The van der Waals surface area contributed by atoms with Crippen LogP contribution in [0.3, 0.4) is 0 Å². The molecule has 1 aliphatic rings. The number of carbonyl (C=O) groups excluding carboxylic acids is 1. The summed E-state index contributed by atoms with van der Waals surface area (Å²) in [5.41, 5.74) is 0.0751. The second-order valence-electron chi connectivity index (χ2n) is 5.84. The molecule has 1 saturated heterocycles. The molecule has 0 spiro atoms. The molecule has 22 heavy (non-hydrogen) atoms. The molecule has 2 rings (SSSR count). The van der Waals surface area contributed by atoms with Crippen molar-refractivity contribution < 1.29 is 18.0 Å². The van der Waals surface area contributed by atoms with Gasteiger partial charge in [0.15, 0.2) is 0 Å². The van der Waals surface area contributed by atoms with Gasteiger partial charge in [0.2, 0.25) is 5.91 Å². The van der Waals surface area contributed by atoms with Gasteiger partial charge in [-0.1, -0.05) is 19.1 Å². The van der Waals surface area contributed by atoms with E-state index in [9.17, 15) is 18.0 Å². The Kier molecular flexibility index (Phi) is 5.45. The zero-order valence-electron chi connectivity index (χ0n) is 12.5. The summed E-state index contributed by atoms with van der Waals surface area (Å²) in [5, 5.41) is 6.20. The molecule has 1 amide bonds. The first-order valence-corrected chi connectivity index (χ1v) is 7.53. The van der Waals surface area contributed by atoms with Crippen molar-refractivity contribution in [1.29, 1.82) is 0 Å². The number of amides is 1. The van der Waals surface area contributed by atoms with E-state index in [0.717, 1.165) is 43.6 Å². The van der Waals surface area contributed by atoms with Crippen LogP contribution in [0, 0.1) is 0 Å². The monoisotopic (exact) mass is 314 g/mol. The fourth-order valence-corrected chi connectivity index (χ4v) is 2.66. The lowest BCUT2D eigenvalue weighted by atomic mass is 9.96. The first-order chi connectivity index (χ1) is 10.4. The summed E-state index contributed by atoms with van der Waals surface area (Å²) in [6.07, 6.45) is -2.04. The molecule has 122 valence electrons. The van der Waals surface area contributed by atoms with Crippen LogP contribution in [0.4, 0.5) is 13.2 Å². The van der Waals surface area contributed by atoms with Gasteiger partial charge in [-0.25, -0.2) is 0 Å². The highest BCUT2D eigenvalue weighted by Crippen LogP contribution is 2.30. The molecule has 1 aromatic rings. The van der Waals surface area contributed by atoms with Crippen LogP contribution >= 0.6 is 0 Å². The zero-order valence-corrected chi connectivity index (χ0v) is 12.5. The molecular weight excluding hydrogens is 293 g/mol. The number of halogens is 3. The topological polar surface area (TPSA) is 41.1 Å². The molecule has 0 saturated carbocycles. The highest BCUT2D eigenvalue weighted by atomic mass is 19.4. The lowest BCUT2D eigenvalue weighted by Gasteiger charge is -2.24. The summed E-state index contributed by atoms with van der Waals surface area (Å²) in [4.78, 5) is 12.0. The Morgan fingerprint density at radius 1 is 1.36 bits per heavy atom. The fraction of sp³-hybridized carbons (Fsp3) is 0.562. The zero-order chi connectivity index (χ0) is 16.2. The Morgan fingerprint density at radius 3 is 2.59 bits per heavy atom. The Labute approximate surface area is 128 Å². The molecule has 1 aromatic carbocycles. The number of benzene rings is 1. The van der Waals surface area contributed by atoms with Crippen molar-refractivity contribution in [1.82, 2.24) is 10.6 Å². The van der Waals surface area contributed by atoms with Crippen molar-refractivity contribution in [3.8, 4) is 0 Å². The van der Waals surface area contributed by atoms with E-state index in [4.69, 9.17) is 0 Å². The number of hydrogen-bond donors (Lipinski definition) is 2. The fourth-order valence-electron chi connectivity index (χ4n) is 2.66. The molecule has 1 heterocycles. The molecule has 0 aliphatic carbocycles. The van der Waals surface area contributed by atoms with Gasteiger partial charge < -0.3 is 10.6 Å². The van der Waals surface area contributed by atoms with Crippen molar-refractivity contribution in [2.75, 3.05) is 13.1 Å². The Hall–Kier alpha value is -1.56. The Morgan fingerprint density at radius 2 is 2.05 bits per heavy atom. The molecule has 1 fully saturated rings. The molecule has 6 heteroatoms. The number of hydrogen-bond acceptors (Lipinski definition) is 2. The summed E-state index contributed by atoms with van der Waals surface area (Å²) >= 11 is 0. The third-order valence-corrected chi connectivity index (χ3v) is 3.96. The molecule has 3 nitrogen and oxygen atoms in total. The highest BCUT2D eigenvalue weighted by Gasteiger charge is 2.30. The van der Waals surface area contributed by atoms with Crippen LogP contribution in [0.1, 0.15) is 43.2 Å². The molecule has 2 N–H and O–H groups in total. The van der Waals surface area contributed by atoms with Gasteiger partial charge in [-0.05, 0) is 43.0 Å². The third-order valence-electron chi connectivity index (χ3n) is 3.96. The van der Waals surface area contributed by atoms with Gasteiger partial charge in [0.1, 0.15) is 0 Å². The lowest BCUT2D eigenvalue weighted by molar-refractivity contribution is -0.137. The number of alkyl halides is 3. The van der Waals surface area contributed by atoms with E-state index in [1.807, 2.05) is 6.92 Å². The molecule has 2 unspecified atom stereocenters. The normalized spacial score (nSPS) is 20.5. The van der Waals surface area contributed by atoms with Crippen LogP contribution in [0.5, 0.6) is 0 Å². The van der Waals surface area contributed by atoms with E-state index in [1.54, 1.807) is 0 Å². The van der Waals surface area contributed by atoms with Crippen LogP contribution in [0.25, 0.3) is 0 Å². The van der Waals surface area contributed by atoms with Gasteiger partial charge in [0.05, 0.1) is 5.56 Å². The first kappa shape index (κ1) is 16.8. The van der Waals surface area contributed by atoms with Crippen LogP contribution in [0.15, 0.2) is 24.3 Å². The standard InChI is InChI=1S/C16H21F3N2O/c1-11(9-15(22)21-14-3-2-8-20-10-14)12-4-6-13(7-5-12)16(17,18)19/h4-7,11,14,20H,2-3,8-10H2,1H3,(H,21,22). The molecule has 0 aromatic heterocycles. The van der Waals surface area contributed by atoms with Gasteiger partial charge in [0, 0.05) is 19.0 Å². The maximum Gasteiger partial charge on any atom is 0.416 e. The second kappa shape index (κ2) is 7.13. The first-order valence-electron chi connectivity index (χ1n) is 7.53. The SMILES string of the molecule is CC(CC(=O)NC1CCCNC1)c1ccc(C(F)(F)F)cc1. The van der Waals surface area contributed by atoms with E-state index in [2.05, 4.69) is 10.6 Å². The van der Waals surface area contributed by atoms with Crippen molar-refractivity contribution >= 4 is 5.91 Å². The van der Waals surface area contributed by atoms with Gasteiger partial charge in [0.25, 0.3) is 0 Å². The van der Waals surface area contributed by atoms with Crippen LogP contribution in [-0.4, -0.2) is 25.0 Å². The average molecular weight is 314 g/mol. The molecule has 1 aliphatic heterocycles. The average Bonchev–Trinajstić information content (AvgIpc) is 2.47. The van der Waals surface area contributed by atoms with Gasteiger partial charge >= 0.3 is 6.18 Å². The predicted molar refractivity (Wildman–Crippen MR) is 78.5 cm³/mol. The minimum absolute atomic E-state index is 0.0545. The van der Waals surface area contributed by atoms with Crippen molar-refractivity contribution in [3.63, 3.8) is 0 Å². The maximum atomic E-state index is 12.5. The molecule has 0 bridgehead atoms. The van der Waals surface area contributed by atoms with Gasteiger partial charge in [-0.3, -0.25) is 4.79 Å². The summed E-state index contributed by atoms with van der Waals surface area (Å²) in [6.45, 7) is 3.61. The summed E-state index contributed by atoms with van der Waals surface area (Å²) in [5.74, 6) is -0.167. The number of carbonyl (C=O) groups is 1. The summed E-state index contributed by atoms with van der Waals surface area (Å²) in [6, 6.07) is 5.18. The summed E-state index contributed by atoms with van der Waals surface area (Å²) in [7, 11) is 0. The number of rotatable bonds is 4. The summed E-state index contributed by atoms with van der Waals surface area (Å²) < 4.78 is 37.6. The van der Waals surface area contributed by atoms with Crippen LogP contribution in [-0.2, 0) is 11.0 Å². The highest BCUT2D eigenvalue weighted by molar-refractivity contribution is 5.77. The van der Waals surface area contributed by atoms with Crippen molar-refractivity contribution in [2.24, 2.45) is 0 Å². The molecule has 0 radical (unpaired) electrons. The van der Waals surface area contributed by atoms with Crippen LogP contribution < -0.4 is 10.6 Å². The molecular formula is C16H21F3N2O. The molecule has 2 atom stereocenters. The number of nitrogens with one attached hydrogen (secondary N) is 2. The largest absolute Gasteiger partial charge is 0.416 e. The van der Waals surface area contributed by atoms with E-state index in [0.29, 0.717) is 0 Å². The second-order valence-corrected chi connectivity index (χ2v) is 5.84. The van der Waals surface area contributed by atoms with Crippen LogP contribution in [0.2, 0.25) is 0 Å². The third kappa shape index (κ3) is 4.73. The van der Waals surface area contributed by atoms with Gasteiger partial charge in [-0.15, -0.1) is 0 Å². The van der Waals surface area contributed by atoms with Crippen molar-refractivity contribution in [3.05, 3.63) is 35.4 Å². The number of piperidine rings is 1. The van der Waals surface area contributed by atoms with E-state index >= 15 is 0 Å². The minimum atomic E-state index is -4.33. The van der Waals surface area contributed by atoms with Gasteiger partial charge in [-0.2, -0.15) is 13.2 Å². The Bertz CT molecular complexity index is 493. The maximum absolute atomic E-state index is 12.5. The predicted octanol–water partition coefficient (Wildman–Crippen LogP) is 3.07. The van der Waals surface area contributed by atoms with E-state index in [-0.39, 0.29) is 24.3 Å². The lowest BCUT2D eigenvalue weighted by Crippen LogP contribution is -2.45. The van der Waals surface area contributed by atoms with E-state index in [1.165, 1.54) is 12.1 Å². The quantitative estimate of drug-likeness (QED) is 0.897. The smallest absolute Gasteiger partial charge is 0.352 e. The van der Waals surface area contributed by atoms with E-state index < -0.39 is 11.7 Å². The minimum Gasteiger partial charge on any atom is -0.352 e.